The Hall–Kier alpha value is -2.78. The number of nitrogens with zero attached hydrogens (tertiary/aromatic N) is 4. The van der Waals surface area contributed by atoms with Gasteiger partial charge in [0.25, 0.3) is 0 Å². The Kier molecular flexibility index (Phi) is 5.59. The zero-order valence-corrected chi connectivity index (χ0v) is 16.4. The Morgan fingerprint density at radius 2 is 2.14 bits per heavy atom. The molecule has 2 amide bonds. The highest BCUT2D eigenvalue weighted by molar-refractivity contribution is 5.91. The molecule has 1 aromatic heterocycles. The van der Waals surface area contributed by atoms with Gasteiger partial charge in [-0.25, -0.2) is 19.2 Å². The van der Waals surface area contributed by atoms with Gasteiger partial charge in [0.15, 0.2) is 5.82 Å². The van der Waals surface area contributed by atoms with Crippen LogP contribution in [0.4, 0.5) is 20.7 Å². The zero-order valence-electron chi connectivity index (χ0n) is 16.4. The summed E-state index contributed by atoms with van der Waals surface area (Å²) >= 11 is 0. The summed E-state index contributed by atoms with van der Waals surface area (Å²) in [6.45, 7) is 6.44. The number of anilines is 2. The molecular weight excluding hydrogens is 375 g/mol. The molecule has 2 aromatic rings. The van der Waals surface area contributed by atoms with E-state index >= 15 is 0 Å². The number of amides is 2. The molecule has 9 heteroatoms. The van der Waals surface area contributed by atoms with Crippen LogP contribution in [0, 0.1) is 5.82 Å². The van der Waals surface area contributed by atoms with Gasteiger partial charge in [0.05, 0.1) is 24.6 Å². The molecular formula is C20H25FN6O2. The number of primary amides is 1. The van der Waals surface area contributed by atoms with Crippen LogP contribution < -0.4 is 20.9 Å². The summed E-state index contributed by atoms with van der Waals surface area (Å²) in [5.74, 6) is 0.851. The number of fused-ring (bicyclic) bond motifs is 1. The van der Waals surface area contributed by atoms with E-state index in [0.717, 1.165) is 43.1 Å². The lowest BCUT2D eigenvalue weighted by molar-refractivity contribution is 0.122. The van der Waals surface area contributed by atoms with Crippen LogP contribution in [0.5, 0.6) is 0 Å². The molecule has 0 unspecified atom stereocenters. The maximum atomic E-state index is 14.8. The highest BCUT2D eigenvalue weighted by atomic mass is 19.1. The van der Waals surface area contributed by atoms with Crippen LogP contribution >= 0.6 is 0 Å². The third kappa shape index (κ3) is 3.88. The second kappa shape index (κ2) is 8.30. The third-order valence-electron chi connectivity index (χ3n) is 5.30. The molecule has 0 aliphatic carbocycles. The van der Waals surface area contributed by atoms with E-state index in [-0.39, 0.29) is 12.2 Å². The minimum absolute atomic E-state index is 0.150. The fourth-order valence-electron chi connectivity index (χ4n) is 3.82. The fourth-order valence-corrected chi connectivity index (χ4v) is 3.82. The molecule has 0 atom stereocenters. The first kappa shape index (κ1) is 19.5. The lowest BCUT2D eigenvalue weighted by atomic mass is 10.1. The van der Waals surface area contributed by atoms with Crippen molar-refractivity contribution in [1.29, 1.82) is 0 Å². The number of carbonyl (C=O) groups excluding carboxylic acids is 1. The lowest BCUT2D eigenvalue weighted by Crippen LogP contribution is -2.39. The van der Waals surface area contributed by atoms with Crippen molar-refractivity contribution in [3.05, 3.63) is 35.3 Å². The van der Waals surface area contributed by atoms with E-state index in [2.05, 4.69) is 10.2 Å². The van der Waals surface area contributed by atoms with E-state index < -0.39 is 11.8 Å². The average molecular weight is 400 g/mol. The summed E-state index contributed by atoms with van der Waals surface area (Å²) in [5.41, 5.74) is 8.16. The number of rotatable bonds is 4. The standard InChI is InChI=1S/C20H25FN6O2/c1-2-27(20(22)28)17-4-3-13(11-15(17)21)18-24-16-12-23-6-5-14(16)19(25-18)26-7-9-29-10-8-26/h3-4,11,23H,2,5-10,12H2,1H3,(H2,22,28). The summed E-state index contributed by atoms with van der Waals surface area (Å²) in [6.07, 6.45) is 0.861. The summed E-state index contributed by atoms with van der Waals surface area (Å²) in [7, 11) is 0. The summed E-state index contributed by atoms with van der Waals surface area (Å²) in [6, 6.07) is 3.95. The highest BCUT2D eigenvalue weighted by Gasteiger charge is 2.24. The molecule has 154 valence electrons. The van der Waals surface area contributed by atoms with Gasteiger partial charge in [-0.15, -0.1) is 0 Å². The van der Waals surface area contributed by atoms with Crippen molar-refractivity contribution >= 4 is 17.5 Å². The minimum Gasteiger partial charge on any atom is -0.378 e. The largest absolute Gasteiger partial charge is 0.378 e. The number of nitrogens with one attached hydrogen (secondary N) is 1. The number of hydrogen-bond donors (Lipinski definition) is 2. The fraction of sp³-hybridized carbons (Fsp3) is 0.450. The number of benzene rings is 1. The first-order valence-corrected chi connectivity index (χ1v) is 9.88. The quantitative estimate of drug-likeness (QED) is 0.811. The van der Waals surface area contributed by atoms with Crippen molar-refractivity contribution in [1.82, 2.24) is 15.3 Å². The van der Waals surface area contributed by atoms with Crippen molar-refractivity contribution in [2.75, 3.05) is 49.2 Å². The Morgan fingerprint density at radius 3 is 2.83 bits per heavy atom. The number of carbonyl (C=O) groups is 1. The van der Waals surface area contributed by atoms with Gasteiger partial charge >= 0.3 is 6.03 Å². The van der Waals surface area contributed by atoms with Crippen LogP contribution in [0.15, 0.2) is 18.2 Å². The topological polar surface area (TPSA) is 96.6 Å². The van der Waals surface area contributed by atoms with Gasteiger partial charge in [-0.3, -0.25) is 4.90 Å². The number of nitrogens with two attached hydrogens (primary N) is 1. The molecule has 3 N–H and O–H groups in total. The van der Waals surface area contributed by atoms with Crippen molar-refractivity contribution in [2.24, 2.45) is 5.73 Å². The molecule has 1 saturated heterocycles. The normalized spacial score (nSPS) is 16.4. The Balaban J connectivity index is 1.75. The molecule has 0 spiro atoms. The van der Waals surface area contributed by atoms with Crippen LogP contribution in [-0.4, -0.2) is 55.4 Å². The number of aromatic nitrogens is 2. The SMILES string of the molecule is CCN(C(N)=O)c1ccc(-c2nc3c(c(N4CCOCC4)n2)CCNC3)cc1F. The predicted octanol–water partition coefficient (Wildman–Crippen LogP) is 1.67. The monoisotopic (exact) mass is 400 g/mol. The highest BCUT2D eigenvalue weighted by Crippen LogP contribution is 2.30. The number of morpholine rings is 1. The number of halogens is 1. The molecule has 4 rings (SSSR count). The van der Waals surface area contributed by atoms with Gasteiger partial charge in [-0.1, -0.05) is 0 Å². The van der Waals surface area contributed by atoms with Crippen LogP contribution in [0.1, 0.15) is 18.2 Å². The molecule has 0 bridgehead atoms. The second-order valence-electron chi connectivity index (χ2n) is 7.07. The number of urea groups is 1. The van der Waals surface area contributed by atoms with Crippen molar-refractivity contribution < 1.29 is 13.9 Å². The van der Waals surface area contributed by atoms with E-state index in [9.17, 15) is 9.18 Å². The van der Waals surface area contributed by atoms with Gasteiger partial charge in [0.1, 0.15) is 11.6 Å². The van der Waals surface area contributed by atoms with E-state index in [1.807, 2.05) is 0 Å². The molecule has 0 radical (unpaired) electrons. The number of ether oxygens (including phenoxy) is 1. The molecule has 29 heavy (non-hydrogen) atoms. The van der Waals surface area contributed by atoms with E-state index in [0.29, 0.717) is 31.1 Å². The van der Waals surface area contributed by atoms with Crippen LogP contribution in [0.25, 0.3) is 11.4 Å². The van der Waals surface area contributed by atoms with Gasteiger partial charge in [0, 0.05) is 37.3 Å². The first-order valence-electron chi connectivity index (χ1n) is 9.88. The smallest absolute Gasteiger partial charge is 0.319 e. The Labute approximate surface area is 168 Å². The first-order chi connectivity index (χ1) is 14.1. The van der Waals surface area contributed by atoms with Crippen molar-refractivity contribution in [3.63, 3.8) is 0 Å². The van der Waals surface area contributed by atoms with E-state index in [1.165, 1.54) is 11.0 Å². The van der Waals surface area contributed by atoms with Crippen molar-refractivity contribution in [3.8, 4) is 11.4 Å². The Bertz CT molecular complexity index is 916. The molecule has 2 aliphatic rings. The molecule has 8 nitrogen and oxygen atoms in total. The Morgan fingerprint density at radius 1 is 1.34 bits per heavy atom. The van der Waals surface area contributed by atoms with Crippen LogP contribution in [0.3, 0.4) is 0 Å². The predicted molar refractivity (Wildman–Crippen MR) is 108 cm³/mol. The maximum Gasteiger partial charge on any atom is 0.319 e. The summed E-state index contributed by atoms with van der Waals surface area (Å²) in [5, 5.41) is 3.34. The van der Waals surface area contributed by atoms with Crippen LogP contribution in [-0.2, 0) is 17.7 Å². The molecule has 3 heterocycles. The van der Waals surface area contributed by atoms with Crippen molar-refractivity contribution in [2.45, 2.75) is 19.9 Å². The molecule has 0 saturated carbocycles. The van der Waals surface area contributed by atoms with E-state index in [4.69, 9.17) is 20.4 Å². The van der Waals surface area contributed by atoms with Gasteiger partial charge in [-0.05, 0) is 38.1 Å². The van der Waals surface area contributed by atoms with Crippen LogP contribution in [0.2, 0.25) is 0 Å². The van der Waals surface area contributed by atoms with Gasteiger partial charge in [-0.2, -0.15) is 0 Å². The zero-order chi connectivity index (χ0) is 20.4. The third-order valence-corrected chi connectivity index (χ3v) is 5.30. The lowest BCUT2D eigenvalue weighted by Gasteiger charge is -2.31. The maximum absolute atomic E-state index is 14.8. The second-order valence-corrected chi connectivity index (χ2v) is 7.07. The molecule has 1 aromatic carbocycles. The van der Waals surface area contributed by atoms with Gasteiger partial charge < -0.3 is 20.7 Å². The minimum atomic E-state index is -0.690. The molecule has 2 aliphatic heterocycles. The number of hydrogen-bond acceptors (Lipinski definition) is 6. The van der Waals surface area contributed by atoms with E-state index in [1.54, 1.807) is 19.1 Å². The van der Waals surface area contributed by atoms with Gasteiger partial charge in [0.2, 0.25) is 0 Å². The average Bonchev–Trinajstić information content (AvgIpc) is 2.75. The summed E-state index contributed by atoms with van der Waals surface area (Å²) in [4.78, 5) is 24.5. The summed E-state index contributed by atoms with van der Waals surface area (Å²) < 4.78 is 20.3. The molecule has 1 fully saturated rings.